The van der Waals surface area contributed by atoms with E-state index < -0.39 is 0 Å². The number of rotatable bonds is 5. The number of morpholine rings is 1. The van der Waals surface area contributed by atoms with Crippen LogP contribution in [0.4, 0.5) is 0 Å². The van der Waals surface area contributed by atoms with Crippen LogP contribution in [0.3, 0.4) is 0 Å². The van der Waals surface area contributed by atoms with Crippen molar-refractivity contribution < 1.29 is 14.6 Å². The van der Waals surface area contributed by atoms with Crippen molar-refractivity contribution in [2.45, 2.75) is 25.1 Å². The van der Waals surface area contributed by atoms with Crippen LogP contribution < -0.4 is 10.5 Å². The van der Waals surface area contributed by atoms with E-state index >= 15 is 0 Å². The van der Waals surface area contributed by atoms with Crippen LogP contribution in [0.5, 0.6) is 5.75 Å². The second kappa shape index (κ2) is 7.04. The Bertz CT molecular complexity index is 408. The number of aliphatic hydroxyl groups excluding tert-OH is 1. The lowest BCUT2D eigenvalue weighted by molar-refractivity contribution is -0.0675. The summed E-state index contributed by atoms with van der Waals surface area (Å²) in [6, 6.07) is 8.13. The molecular formula is C15H24N2O3. The number of ether oxygens (including phenoxy) is 2. The van der Waals surface area contributed by atoms with Gasteiger partial charge in [0.25, 0.3) is 0 Å². The van der Waals surface area contributed by atoms with Crippen molar-refractivity contribution in [3.63, 3.8) is 0 Å². The molecule has 0 aliphatic carbocycles. The van der Waals surface area contributed by atoms with Gasteiger partial charge in [0.2, 0.25) is 0 Å². The molecule has 1 aliphatic heterocycles. The molecule has 0 amide bonds. The Balaban J connectivity index is 2.17. The SMILES string of the molecule is COc1ccc(C(C(C)N)N2CCOC(CO)C2)cc1. The van der Waals surface area contributed by atoms with E-state index in [2.05, 4.69) is 17.0 Å². The molecule has 5 nitrogen and oxygen atoms in total. The van der Waals surface area contributed by atoms with Crippen molar-refractivity contribution in [1.29, 1.82) is 0 Å². The van der Waals surface area contributed by atoms with Gasteiger partial charge in [0.15, 0.2) is 0 Å². The van der Waals surface area contributed by atoms with E-state index in [0.717, 1.165) is 12.3 Å². The standard InChI is InChI=1S/C15H24N2O3/c1-11(16)15(12-3-5-13(19-2)6-4-12)17-7-8-20-14(9-17)10-18/h3-6,11,14-15,18H,7-10,16H2,1-2H3. The van der Waals surface area contributed by atoms with Gasteiger partial charge in [-0.2, -0.15) is 0 Å². The third-order valence-corrected chi connectivity index (χ3v) is 3.72. The Morgan fingerprint density at radius 2 is 2.15 bits per heavy atom. The van der Waals surface area contributed by atoms with Crippen LogP contribution in [0.1, 0.15) is 18.5 Å². The van der Waals surface area contributed by atoms with Crippen LogP contribution in [-0.2, 0) is 4.74 Å². The number of benzene rings is 1. The fourth-order valence-corrected chi connectivity index (χ4v) is 2.75. The number of nitrogens with two attached hydrogens (primary N) is 1. The Hall–Kier alpha value is -1.14. The Morgan fingerprint density at radius 1 is 1.45 bits per heavy atom. The van der Waals surface area contributed by atoms with Gasteiger partial charge in [-0.1, -0.05) is 12.1 Å². The van der Waals surface area contributed by atoms with Crippen molar-refractivity contribution in [2.75, 3.05) is 33.4 Å². The zero-order valence-electron chi connectivity index (χ0n) is 12.2. The molecule has 3 atom stereocenters. The second-order valence-corrected chi connectivity index (χ2v) is 5.25. The molecule has 1 heterocycles. The molecule has 1 fully saturated rings. The molecule has 3 N–H and O–H groups in total. The number of hydrogen-bond donors (Lipinski definition) is 2. The summed E-state index contributed by atoms with van der Waals surface area (Å²) < 4.78 is 10.7. The number of aliphatic hydroxyl groups is 1. The van der Waals surface area contributed by atoms with Crippen molar-refractivity contribution in [2.24, 2.45) is 5.73 Å². The maximum atomic E-state index is 9.27. The van der Waals surface area contributed by atoms with Crippen LogP contribution >= 0.6 is 0 Å². The van der Waals surface area contributed by atoms with Gasteiger partial charge >= 0.3 is 0 Å². The predicted molar refractivity (Wildman–Crippen MR) is 77.8 cm³/mol. The van der Waals surface area contributed by atoms with E-state index in [4.69, 9.17) is 15.2 Å². The summed E-state index contributed by atoms with van der Waals surface area (Å²) in [5.74, 6) is 0.840. The normalized spacial score (nSPS) is 23.3. The lowest BCUT2D eigenvalue weighted by atomic mass is 9.98. The topological polar surface area (TPSA) is 68.0 Å². The summed E-state index contributed by atoms with van der Waals surface area (Å²) in [5.41, 5.74) is 7.35. The van der Waals surface area contributed by atoms with E-state index in [0.29, 0.717) is 13.2 Å². The van der Waals surface area contributed by atoms with Gasteiger partial charge in [-0.3, -0.25) is 4.90 Å². The van der Waals surface area contributed by atoms with Crippen LogP contribution in [0, 0.1) is 0 Å². The first kappa shape index (κ1) is 15.3. The van der Waals surface area contributed by atoms with Crippen molar-refractivity contribution >= 4 is 0 Å². The molecule has 1 aliphatic rings. The third kappa shape index (κ3) is 3.49. The highest BCUT2D eigenvalue weighted by molar-refractivity contribution is 5.30. The maximum absolute atomic E-state index is 9.27. The molecule has 0 spiro atoms. The van der Waals surface area contributed by atoms with Crippen molar-refractivity contribution in [3.05, 3.63) is 29.8 Å². The van der Waals surface area contributed by atoms with E-state index in [1.807, 2.05) is 19.1 Å². The van der Waals surface area contributed by atoms with Gasteiger partial charge in [-0.05, 0) is 24.6 Å². The second-order valence-electron chi connectivity index (χ2n) is 5.25. The van der Waals surface area contributed by atoms with Gasteiger partial charge < -0.3 is 20.3 Å². The summed E-state index contributed by atoms with van der Waals surface area (Å²) in [7, 11) is 1.66. The predicted octanol–water partition coefficient (Wildman–Crippen LogP) is 0.777. The maximum Gasteiger partial charge on any atom is 0.118 e. The fraction of sp³-hybridized carbons (Fsp3) is 0.600. The van der Waals surface area contributed by atoms with Gasteiger partial charge in [0, 0.05) is 25.2 Å². The Kier molecular flexibility index (Phi) is 5.37. The van der Waals surface area contributed by atoms with Gasteiger partial charge in [-0.15, -0.1) is 0 Å². The minimum atomic E-state index is -0.122. The van der Waals surface area contributed by atoms with Gasteiger partial charge in [0.1, 0.15) is 5.75 Å². The highest BCUT2D eigenvalue weighted by Gasteiger charge is 2.29. The minimum Gasteiger partial charge on any atom is -0.497 e. The quantitative estimate of drug-likeness (QED) is 0.834. The third-order valence-electron chi connectivity index (χ3n) is 3.72. The number of nitrogens with zero attached hydrogens (tertiary/aromatic N) is 1. The molecule has 0 saturated carbocycles. The van der Waals surface area contributed by atoms with E-state index in [1.165, 1.54) is 5.56 Å². The fourth-order valence-electron chi connectivity index (χ4n) is 2.75. The van der Waals surface area contributed by atoms with Crippen LogP contribution in [0.25, 0.3) is 0 Å². The van der Waals surface area contributed by atoms with Crippen molar-refractivity contribution in [3.8, 4) is 5.75 Å². The van der Waals surface area contributed by atoms with Gasteiger partial charge in [0.05, 0.1) is 26.4 Å². The Morgan fingerprint density at radius 3 is 2.70 bits per heavy atom. The van der Waals surface area contributed by atoms with Crippen LogP contribution in [0.15, 0.2) is 24.3 Å². The highest BCUT2D eigenvalue weighted by Crippen LogP contribution is 2.27. The molecule has 0 bridgehead atoms. The van der Waals surface area contributed by atoms with E-state index in [9.17, 15) is 5.11 Å². The molecule has 2 rings (SSSR count). The molecule has 3 unspecified atom stereocenters. The minimum absolute atomic E-state index is 0.000776. The zero-order valence-corrected chi connectivity index (χ0v) is 12.2. The summed E-state index contributed by atoms with van der Waals surface area (Å²) >= 11 is 0. The van der Waals surface area contributed by atoms with Crippen molar-refractivity contribution in [1.82, 2.24) is 4.90 Å². The Labute approximate surface area is 120 Å². The molecule has 0 aromatic heterocycles. The lowest BCUT2D eigenvalue weighted by Gasteiger charge is -2.39. The van der Waals surface area contributed by atoms with E-state index in [-0.39, 0.29) is 24.8 Å². The zero-order chi connectivity index (χ0) is 14.5. The monoisotopic (exact) mass is 280 g/mol. The molecule has 5 heteroatoms. The molecule has 112 valence electrons. The first-order valence-electron chi connectivity index (χ1n) is 7.01. The molecule has 1 aromatic rings. The average Bonchev–Trinajstić information content (AvgIpc) is 2.48. The van der Waals surface area contributed by atoms with Crippen LogP contribution in [0.2, 0.25) is 0 Å². The average molecular weight is 280 g/mol. The summed E-state index contributed by atoms with van der Waals surface area (Å²) in [5, 5.41) is 9.27. The summed E-state index contributed by atoms with van der Waals surface area (Å²) in [6.07, 6.45) is -0.122. The van der Waals surface area contributed by atoms with E-state index in [1.54, 1.807) is 7.11 Å². The number of methoxy groups -OCH3 is 1. The lowest BCUT2D eigenvalue weighted by Crippen LogP contribution is -2.49. The molecule has 20 heavy (non-hydrogen) atoms. The molecule has 0 radical (unpaired) electrons. The number of hydrogen-bond acceptors (Lipinski definition) is 5. The van der Waals surface area contributed by atoms with Gasteiger partial charge in [-0.25, -0.2) is 0 Å². The first-order valence-corrected chi connectivity index (χ1v) is 7.01. The smallest absolute Gasteiger partial charge is 0.118 e. The first-order chi connectivity index (χ1) is 9.65. The largest absolute Gasteiger partial charge is 0.497 e. The molecule has 1 saturated heterocycles. The summed E-state index contributed by atoms with van der Waals surface area (Å²) in [6.45, 7) is 4.22. The highest BCUT2D eigenvalue weighted by atomic mass is 16.5. The molecule has 1 aromatic carbocycles. The van der Waals surface area contributed by atoms with Crippen LogP contribution in [-0.4, -0.2) is 55.6 Å². The molecular weight excluding hydrogens is 256 g/mol. The summed E-state index contributed by atoms with van der Waals surface area (Å²) in [4.78, 5) is 2.29.